The van der Waals surface area contributed by atoms with Crippen LogP contribution in [0.4, 0.5) is 10.2 Å². The number of pyridine rings is 1. The Hall–Kier alpha value is -2.14. The van der Waals surface area contributed by atoms with E-state index in [1.54, 1.807) is 24.3 Å². The molecule has 0 saturated carbocycles. The number of rotatable bonds is 4. The molecule has 0 aliphatic carbocycles. The zero-order chi connectivity index (χ0) is 13.8. The molecule has 0 atom stereocenters. The van der Waals surface area contributed by atoms with Gasteiger partial charge in [0.2, 0.25) is 0 Å². The molecular formula is C13H10ClFN2O2. The van der Waals surface area contributed by atoms with Gasteiger partial charge in [-0.05, 0) is 23.8 Å². The average molecular weight is 281 g/mol. The van der Waals surface area contributed by atoms with E-state index in [2.05, 4.69) is 10.3 Å². The zero-order valence-corrected chi connectivity index (χ0v) is 10.5. The molecule has 0 amide bonds. The van der Waals surface area contributed by atoms with Crippen LogP contribution in [0.5, 0.6) is 0 Å². The SMILES string of the molecule is O=C(O)c1ccnc(NCc2ccc(Cl)cc2)c1F. The third-order valence-electron chi connectivity index (χ3n) is 2.49. The van der Waals surface area contributed by atoms with Gasteiger partial charge in [-0.15, -0.1) is 0 Å². The van der Waals surface area contributed by atoms with E-state index in [4.69, 9.17) is 16.7 Å². The Morgan fingerprint density at radius 2 is 2.00 bits per heavy atom. The summed E-state index contributed by atoms with van der Waals surface area (Å²) in [7, 11) is 0. The fraction of sp³-hybridized carbons (Fsp3) is 0.0769. The first-order valence-electron chi connectivity index (χ1n) is 5.44. The van der Waals surface area contributed by atoms with Crippen LogP contribution in [0.3, 0.4) is 0 Å². The van der Waals surface area contributed by atoms with Crippen molar-refractivity contribution >= 4 is 23.4 Å². The molecule has 0 radical (unpaired) electrons. The van der Waals surface area contributed by atoms with Crippen LogP contribution in [0.15, 0.2) is 36.5 Å². The smallest absolute Gasteiger partial charge is 0.338 e. The topological polar surface area (TPSA) is 62.2 Å². The number of nitrogens with zero attached hydrogens (tertiary/aromatic N) is 1. The number of nitrogens with one attached hydrogen (secondary N) is 1. The minimum atomic E-state index is -1.32. The second-order valence-electron chi connectivity index (χ2n) is 3.81. The summed E-state index contributed by atoms with van der Waals surface area (Å²) >= 11 is 5.75. The summed E-state index contributed by atoms with van der Waals surface area (Å²) in [6, 6.07) is 8.12. The van der Waals surface area contributed by atoms with Gasteiger partial charge in [-0.25, -0.2) is 14.2 Å². The standard InChI is InChI=1S/C13H10ClFN2O2/c14-9-3-1-8(2-4-9)7-17-12-11(15)10(13(18)19)5-6-16-12/h1-6H,7H2,(H,16,17)(H,18,19). The van der Waals surface area contributed by atoms with E-state index in [0.29, 0.717) is 11.6 Å². The van der Waals surface area contributed by atoms with Crippen molar-refractivity contribution in [2.75, 3.05) is 5.32 Å². The van der Waals surface area contributed by atoms with Gasteiger partial charge >= 0.3 is 5.97 Å². The summed E-state index contributed by atoms with van der Waals surface area (Å²) < 4.78 is 13.8. The van der Waals surface area contributed by atoms with Crippen molar-refractivity contribution in [3.63, 3.8) is 0 Å². The summed E-state index contributed by atoms with van der Waals surface area (Å²) in [4.78, 5) is 14.6. The van der Waals surface area contributed by atoms with Crippen LogP contribution in [-0.4, -0.2) is 16.1 Å². The van der Waals surface area contributed by atoms with Crippen LogP contribution >= 0.6 is 11.6 Å². The number of hydrogen-bond acceptors (Lipinski definition) is 3. The highest BCUT2D eigenvalue weighted by Crippen LogP contribution is 2.16. The van der Waals surface area contributed by atoms with Crippen LogP contribution in [-0.2, 0) is 6.54 Å². The largest absolute Gasteiger partial charge is 0.478 e. The van der Waals surface area contributed by atoms with E-state index in [-0.39, 0.29) is 5.82 Å². The van der Waals surface area contributed by atoms with Crippen LogP contribution < -0.4 is 5.32 Å². The third-order valence-corrected chi connectivity index (χ3v) is 2.74. The van der Waals surface area contributed by atoms with Crippen molar-refractivity contribution in [2.45, 2.75) is 6.54 Å². The first-order valence-corrected chi connectivity index (χ1v) is 5.82. The van der Waals surface area contributed by atoms with Gasteiger partial charge in [0.25, 0.3) is 0 Å². The van der Waals surface area contributed by atoms with Crippen molar-refractivity contribution in [3.05, 3.63) is 58.5 Å². The molecule has 4 nitrogen and oxygen atoms in total. The van der Waals surface area contributed by atoms with Gasteiger partial charge in [0.05, 0.1) is 0 Å². The predicted molar refractivity (Wildman–Crippen MR) is 69.9 cm³/mol. The van der Waals surface area contributed by atoms with E-state index < -0.39 is 17.3 Å². The molecule has 6 heteroatoms. The third kappa shape index (κ3) is 3.20. The molecule has 19 heavy (non-hydrogen) atoms. The lowest BCUT2D eigenvalue weighted by Gasteiger charge is -2.08. The van der Waals surface area contributed by atoms with Crippen LogP contribution in [0.2, 0.25) is 5.02 Å². The molecular weight excluding hydrogens is 271 g/mol. The van der Waals surface area contributed by atoms with E-state index in [0.717, 1.165) is 11.6 Å². The molecule has 1 heterocycles. The lowest BCUT2D eigenvalue weighted by molar-refractivity contribution is 0.0692. The Morgan fingerprint density at radius 3 is 2.63 bits per heavy atom. The summed E-state index contributed by atoms with van der Waals surface area (Å²) in [5.74, 6) is -2.28. The maximum atomic E-state index is 13.8. The van der Waals surface area contributed by atoms with Crippen molar-refractivity contribution in [1.82, 2.24) is 4.98 Å². The number of aromatic nitrogens is 1. The lowest BCUT2D eigenvalue weighted by Crippen LogP contribution is -2.08. The molecule has 1 aromatic heterocycles. The van der Waals surface area contributed by atoms with E-state index >= 15 is 0 Å². The Balaban J connectivity index is 2.13. The van der Waals surface area contributed by atoms with Crippen LogP contribution in [0.1, 0.15) is 15.9 Å². The van der Waals surface area contributed by atoms with E-state index in [1.165, 1.54) is 6.20 Å². The molecule has 0 spiro atoms. The minimum absolute atomic E-state index is 0.0881. The predicted octanol–water partition coefficient (Wildman–Crippen LogP) is 3.18. The first kappa shape index (κ1) is 13.3. The van der Waals surface area contributed by atoms with Crippen molar-refractivity contribution in [3.8, 4) is 0 Å². The number of carboxylic acids is 1. The first-order chi connectivity index (χ1) is 9.08. The van der Waals surface area contributed by atoms with Gasteiger partial charge < -0.3 is 10.4 Å². The Bertz CT molecular complexity index is 602. The molecule has 0 fully saturated rings. The highest BCUT2D eigenvalue weighted by atomic mass is 35.5. The second kappa shape index (κ2) is 5.67. The number of hydrogen-bond donors (Lipinski definition) is 2. The minimum Gasteiger partial charge on any atom is -0.478 e. The number of aromatic carboxylic acids is 1. The van der Waals surface area contributed by atoms with Crippen molar-refractivity contribution in [2.24, 2.45) is 0 Å². The molecule has 1 aromatic carbocycles. The lowest BCUT2D eigenvalue weighted by atomic mass is 10.2. The molecule has 98 valence electrons. The average Bonchev–Trinajstić information content (AvgIpc) is 2.39. The Morgan fingerprint density at radius 1 is 1.32 bits per heavy atom. The molecule has 0 bridgehead atoms. The molecule has 0 aliphatic heterocycles. The Kier molecular flexibility index (Phi) is 3.97. The van der Waals surface area contributed by atoms with Gasteiger partial charge in [0.1, 0.15) is 5.56 Å². The summed E-state index contributed by atoms with van der Waals surface area (Å²) in [5, 5.41) is 12.2. The molecule has 2 N–H and O–H groups in total. The van der Waals surface area contributed by atoms with Gasteiger partial charge in [0, 0.05) is 17.8 Å². The fourth-order valence-electron chi connectivity index (χ4n) is 1.52. The van der Waals surface area contributed by atoms with Crippen LogP contribution in [0.25, 0.3) is 0 Å². The van der Waals surface area contributed by atoms with Gasteiger partial charge in [-0.2, -0.15) is 0 Å². The number of carbonyl (C=O) groups is 1. The Labute approximate surface area is 113 Å². The van der Waals surface area contributed by atoms with Crippen molar-refractivity contribution in [1.29, 1.82) is 0 Å². The molecule has 0 unspecified atom stereocenters. The molecule has 2 aromatic rings. The summed E-state index contributed by atoms with van der Waals surface area (Å²) in [5.41, 5.74) is 0.472. The number of halogens is 2. The van der Waals surface area contributed by atoms with E-state index in [9.17, 15) is 9.18 Å². The number of anilines is 1. The number of benzene rings is 1. The number of carboxylic acid groups (broad SMARTS) is 1. The maximum Gasteiger partial charge on any atom is 0.338 e. The van der Waals surface area contributed by atoms with Gasteiger partial charge in [0.15, 0.2) is 11.6 Å². The normalized spacial score (nSPS) is 10.2. The molecule has 0 saturated heterocycles. The monoisotopic (exact) mass is 280 g/mol. The quantitative estimate of drug-likeness (QED) is 0.903. The second-order valence-corrected chi connectivity index (χ2v) is 4.24. The van der Waals surface area contributed by atoms with E-state index in [1.807, 2.05) is 0 Å². The highest BCUT2D eigenvalue weighted by Gasteiger charge is 2.14. The zero-order valence-electron chi connectivity index (χ0n) is 9.73. The molecule has 2 rings (SSSR count). The van der Waals surface area contributed by atoms with Crippen LogP contribution in [0, 0.1) is 5.82 Å². The highest BCUT2D eigenvalue weighted by molar-refractivity contribution is 6.30. The maximum absolute atomic E-state index is 13.8. The van der Waals surface area contributed by atoms with Crippen molar-refractivity contribution < 1.29 is 14.3 Å². The summed E-state index contributed by atoms with van der Waals surface area (Å²) in [6.07, 6.45) is 1.25. The van der Waals surface area contributed by atoms with Gasteiger partial charge in [-0.3, -0.25) is 0 Å². The molecule has 0 aliphatic rings. The fourth-order valence-corrected chi connectivity index (χ4v) is 1.65. The van der Waals surface area contributed by atoms with Gasteiger partial charge in [-0.1, -0.05) is 23.7 Å². The summed E-state index contributed by atoms with van der Waals surface area (Å²) in [6.45, 7) is 0.324.